The molecule has 0 aliphatic rings. The van der Waals surface area contributed by atoms with E-state index in [-0.39, 0.29) is 30.1 Å². The van der Waals surface area contributed by atoms with E-state index in [2.05, 4.69) is 0 Å². The number of hydrogen-bond acceptors (Lipinski definition) is 5. The highest BCUT2D eigenvalue weighted by atomic mass is 32.2. The van der Waals surface area contributed by atoms with Crippen molar-refractivity contribution in [1.82, 2.24) is 4.90 Å². The third-order valence-electron chi connectivity index (χ3n) is 3.06. The van der Waals surface area contributed by atoms with Crippen LogP contribution in [0.1, 0.15) is 26.3 Å². The van der Waals surface area contributed by atoms with Gasteiger partial charge < -0.3 is 13.8 Å². The molecule has 0 saturated heterocycles. The van der Waals surface area contributed by atoms with Crippen molar-refractivity contribution < 1.29 is 22.1 Å². The van der Waals surface area contributed by atoms with Gasteiger partial charge in [-0.15, -0.1) is 0 Å². The average molecular weight is 329 g/mol. The molecule has 0 N–H and O–H groups in total. The van der Waals surface area contributed by atoms with Gasteiger partial charge in [-0.25, -0.2) is 0 Å². The lowest BCUT2D eigenvalue weighted by Gasteiger charge is -2.26. The summed E-state index contributed by atoms with van der Waals surface area (Å²) in [5, 5.41) is 0. The summed E-state index contributed by atoms with van der Waals surface area (Å²) in [4.78, 5) is 13.7. The third kappa shape index (κ3) is 5.65. The molecule has 7 heteroatoms. The van der Waals surface area contributed by atoms with E-state index in [4.69, 9.17) is 8.92 Å². The van der Waals surface area contributed by atoms with Crippen LogP contribution in [0.3, 0.4) is 0 Å². The number of methoxy groups -OCH3 is 1. The zero-order valence-electron chi connectivity index (χ0n) is 13.4. The SMILES string of the molecule is CCS(=O)(=O)Oc1ccc(CN(C(=O)COC)C(C)C)cc1. The molecule has 1 aromatic carbocycles. The fourth-order valence-corrected chi connectivity index (χ4v) is 2.34. The second-order valence-corrected chi connectivity index (χ2v) is 6.98. The maximum Gasteiger partial charge on any atom is 0.308 e. The zero-order valence-corrected chi connectivity index (χ0v) is 14.2. The topological polar surface area (TPSA) is 72.9 Å². The molecule has 0 radical (unpaired) electrons. The summed E-state index contributed by atoms with van der Waals surface area (Å²) in [7, 11) is -2.04. The lowest BCUT2D eigenvalue weighted by molar-refractivity contribution is -0.137. The van der Waals surface area contributed by atoms with Gasteiger partial charge >= 0.3 is 10.1 Å². The minimum atomic E-state index is -3.52. The summed E-state index contributed by atoms with van der Waals surface area (Å²) >= 11 is 0. The van der Waals surface area contributed by atoms with E-state index in [9.17, 15) is 13.2 Å². The molecule has 0 saturated carbocycles. The van der Waals surface area contributed by atoms with Crippen molar-refractivity contribution in [2.24, 2.45) is 0 Å². The minimum Gasteiger partial charge on any atom is -0.382 e. The van der Waals surface area contributed by atoms with Crippen LogP contribution in [-0.2, 0) is 26.2 Å². The number of rotatable bonds is 8. The Morgan fingerprint density at radius 2 is 1.82 bits per heavy atom. The maximum absolute atomic E-state index is 12.0. The van der Waals surface area contributed by atoms with Crippen molar-refractivity contribution in [2.45, 2.75) is 33.4 Å². The summed E-state index contributed by atoms with van der Waals surface area (Å²) in [6.45, 7) is 5.85. The quantitative estimate of drug-likeness (QED) is 0.680. The zero-order chi connectivity index (χ0) is 16.8. The molecule has 0 aliphatic carbocycles. The normalized spacial score (nSPS) is 11.5. The summed E-state index contributed by atoms with van der Waals surface area (Å²) in [5.74, 6) is 0.0952. The Bertz CT molecular complexity index is 580. The van der Waals surface area contributed by atoms with Crippen LogP contribution in [0.4, 0.5) is 0 Å². The highest BCUT2D eigenvalue weighted by Crippen LogP contribution is 2.17. The first-order valence-electron chi connectivity index (χ1n) is 7.08. The largest absolute Gasteiger partial charge is 0.382 e. The van der Waals surface area contributed by atoms with Crippen LogP contribution >= 0.6 is 0 Å². The van der Waals surface area contributed by atoms with Crippen molar-refractivity contribution in [3.63, 3.8) is 0 Å². The molecule has 124 valence electrons. The van der Waals surface area contributed by atoms with Crippen LogP contribution in [0.25, 0.3) is 0 Å². The van der Waals surface area contributed by atoms with Gasteiger partial charge in [-0.3, -0.25) is 4.79 Å². The summed E-state index contributed by atoms with van der Waals surface area (Å²) < 4.78 is 32.6. The number of amides is 1. The number of nitrogens with zero attached hydrogens (tertiary/aromatic N) is 1. The first-order chi connectivity index (χ1) is 10.3. The molecule has 0 aromatic heterocycles. The highest BCUT2D eigenvalue weighted by Gasteiger charge is 2.17. The first-order valence-corrected chi connectivity index (χ1v) is 8.66. The molecule has 6 nitrogen and oxygen atoms in total. The molecule has 1 aromatic rings. The summed E-state index contributed by atoms with van der Waals surface area (Å²) in [6.07, 6.45) is 0. The molecule has 1 amide bonds. The Morgan fingerprint density at radius 1 is 1.23 bits per heavy atom. The minimum absolute atomic E-state index is 0.0358. The van der Waals surface area contributed by atoms with Crippen LogP contribution in [0.5, 0.6) is 5.75 Å². The number of ether oxygens (including phenoxy) is 1. The van der Waals surface area contributed by atoms with Gasteiger partial charge in [0.05, 0.1) is 5.75 Å². The van der Waals surface area contributed by atoms with Crippen molar-refractivity contribution in [2.75, 3.05) is 19.5 Å². The van der Waals surface area contributed by atoms with E-state index in [1.54, 1.807) is 29.2 Å². The van der Waals surface area contributed by atoms with Crippen molar-refractivity contribution >= 4 is 16.0 Å². The number of hydrogen-bond donors (Lipinski definition) is 0. The van der Waals surface area contributed by atoms with E-state index in [0.29, 0.717) is 6.54 Å². The Kier molecular flexibility index (Phi) is 6.83. The second-order valence-electron chi connectivity index (χ2n) is 5.12. The molecule has 0 spiro atoms. The molecule has 0 bridgehead atoms. The molecule has 22 heavy (non-hydrogen) atoms. The molecule has 0 unspecified atom stereocenters. The monoisotopic (exact) mass is 329 g/mol. The number of benzene rings is 1. The lowest BCUT2D eigenvalue weighted by atomic mass is 10.2. The molecule has 0 heterocycles. The predicted molar refractivity (Wildman–Crippen MR) is 84.1 cm³/mol. The van der Waals surface area contributed by atoms with Gasteiger partial charge in [0.15, 0.2) is 0 Å². The van der Waals surface area contributed by atoms with Crippen LogP contribution in [0.15, 0.2) is 24.3 Å². The predicted octanol–water partition coefficient (Wildman–Crippen LogP) is 1.80. The van der Waals surface area contributed by atoms with E-state index in [1.807, 2.05) is 13.8 Å². The molecular formula is C15H23NO5S. The standard InChI is InChI=1S/C15H23NO5S/c1-5-22(18,19)21-14-8-6-13(7-9-14)10-16(12(2)3)15(17)11-20-4/h6-9,12H,5,10-11H2,1-4H3. The van der Waals surface area contributed by atoms with Gasteiger partial charge in [0.25, 0.3) is 0 Å². The van der Waals surface area contributed by atoms with Gasteiger partial charge in [-0.1, -0.05) is 12.1 Å². The van der Waals surface area contributed by atoms with Gasteiger partial charge in [-0.05, 0) is 38.5 Å². The molecule has 1 rings (SSSR count). The fourth-order valence-electron chi connectivity index (χ4n) is 1.82. The van der Waals surface area contributed by atoms with Gasteiger partial charge in [0, 0.05) is 19.7 Å². The highest BCUT2D eigenvalue weighted by molar-refractivity contribution is 7.87. The van der Waals surface area contributed by atoms with Crippen LogP contribution in [-0.4, -0.2) is 44.7 Å². The van der Waals surface area contributed by atoms with Crippen LogP contribution < -0.4 is 4.18 Å². The number of carbonyl (C=O) groups excluding carboxylic acids is 1. The van der Waals surface area contributed by atoms with Gasteiger partial charge in [-0.2, -0.15) is 8.42 Å². The van der Waals surface area contributed by atoms with E-state index in [0.717, 1.165) is 5.56 Å². The van der Waals surface area contributed by atoms with E-state index in [1.165, 1.54) is 14.0 Å². The van der Waals surface area contributed by atoms with Crippen molar-refractivity contribution in [1.29, 1.82) is 0 Å². The molecule has 0 fully saturated rings. The Morgan fingerprint density at radius 3 is 2.27 bits per heavy atom. The smallest absolute Gasteiger partial charge is 0.308 e. The van der Waals surface area contributed by atoms with Crippen molar-refractivity contribution in [3.05, 3.63) is 29.8 Å². The molecule has 0 atom stereocenters. The second kappa shape index (κ2) is 8.14. The first kappa shape index (κ1) is 18.4. The van der Waals surface area contributed by atoms with Gasteiger partial charge in [0.1, 0.15) is 12.4 Å². The maximum atomic E-state index is 12.0. The van der Waals surface area contributed by atoms with Crippen LogP contribution in [0, 0.1) is 0 Å². The van der Waals surface area contributed by atoms with Gasteiger partial charge in [0.2, 0.25) is 5.91 Å². The van der Waals surface area contributed by atoms with Crippen molar-refractivity contribution in [3.8, 4) is 5.75 Å². The summed E-state index contributed by atoms with van der Waals surface area (Å²) in [6, 6.07) is 6.70. The molecule has 0 aliphatic heterocycles. The summed E-state index contributed by atoms with van der Waals surface area (Å²) in [5.41, 5.74) is 0.888. The van der Waals surface area contributed by atoms with E-state index >= 15 is 0 Å². The Balaban J connectivity index is 2.79. The van der Waals surface area contributed by atoms with Crippen LogP contribution in [0.2, 0.25) is 0 Å². The Labute approximate surface area is 132 Å². The number of carbonyl (C=O) groups is 1. The fraction of sp³-hybridized carbons (Fsp3) is 0.533. The molecular weight excluding hydrogens is 306 g/mol. The van der Waals surface area contributed by atoms with E-state index < -0.39 is 10.1 Å². The third-order valence-corrected chi connectivity index (χ3v) is 4.22. The lowest BCUT2D eigenvalue weighted by Crippen LogP contribution is -2.38. The average Bonchev–Trinajstić information content (AvgIpc) is 2.46. The Hall–Kier alpha value is -1.60.